The summed E-state index contributed by atoms with van der Waals surface area (Å²) in [5.41, 5.74) is 2.65. The van der Waals surface area contributed by atoms with E-state index in [1.165, 1.54) is 0 Å². The van der Waals surface area contributed by atoms with Gasteiger partial charge in [0.05, 0.1) is 29.7 Å². The summed E-state index contributed by atoms with van der Waals surface area (Å²) < 4.78 is 0. The molecule has 2 aromatic rings. The van der Waals surface area contributed by atoms with E-state index in [-0.39, 0.29) is 29.7 Å². The summed E-state index contributed by atoms with van der Waals surface area (Å²) in [5, 5.41) is 5.62. The zero-order chi connectivity index (χ0) is 20.8. The maximum absolute atomic E-state index is 12.8. The number of H-pyrrole nitrogens is 1. The summed E-state index contributed by atoms with van der Waals surface area (Å²) in [5.74, 6) is 0.945. The number of thioether (sulfide) groups is 1. The van der Waals surface area contributed by atoms with Gasteiger partial charge in [-0.15, -0.1) is 0 Å². The first-order chi connectivity index (χ1) is 14.0. The Kier molecular flexibility index (Phi) is 7.33. The first kappa shape index (κ1) is 21.4. The minimum absolute atomic E-state index is 0.000273. The van der Waals surface area contributed by atoms with Crippen LogP contribution in [0.15, 0.2) is 30.5 Å². The number of likely N-dealkylation sites (N-methyl/N-ethyl adjacent to an activating group) is 1. The number of likely N-dealkylation sites (tertiary alicyclic amines) is 1. The summed E-state index contributed by atoms with van der Waals surface area (Å²) in [4.78, 5) is 34.5. The molecule has 156 valence electrons. The number of rotatable bonds is 7. The Morgan fingerprint density at radius 1 is 1.31 bits per heavy atom. The normalized spacial score (nSPS) is 17.8. The van der Waals surface area contributed by atoms with Gasteiger partial charge in [-0.05, 0) is 57.2 Å². The maximum Gasteiger partial charge on any atom is 0.238 e. The van der Waals surface area contributed by atoms with Crippen molar-refractivity contribution in [1.82, 2.24) is 20.2 Å². The predicted molar refractivity (Wildman–Crippen MR) is 118 cm³/mol. The lowest BCUT2D eigenvalue weighted by Gasteiger charge is -2.36. The number of hydrogen-bond donors (Lipinski definition) is 3. The molecule has 2 heterocycles. The number of imidazole rings is 1. The molecule has 0 bridgehead atoms. The van der Waals surface area contributed by atoms with E-state index in [1.54, 1.807) is 18.8 Å². The summed E-state index contributed by atoms with van der Waals surface area (Å²) in [6, 6.07) is 7.65. The largest absolute Gasteiger partial charge is 0.340 e. The van der Waals surface area contributed by atoms with E-state index >= 15 is 0 Å². The second-order valence-electron chi connectivity index (χ2n) is 7.26. The van der Waals surface area contributed by atoms with Gasteiger partial charge in [0.15, 0.2) is 0 Å². The molecule has 1 aliphatic rings. The lowest BCUT2D eigenvalue weighted by Crippen LogP contribution is -2.42. The smallest absolute Gasteiger partial charge is 0.238 e. The third kappa shape index (κ3) is 5.19. The van der Waals surface area contributed by atoms with Crippen molar-refractivity contribution in [3.63, 3.8) is 0 Å². The molecule has 2 unspecified atom stereocenters. The van der Waals surface area contributed by atoms with Gasteiger partial charge in [-0.2, -0.15) is 11.8 Å². The van der Waals surface area contributed by atoms with Crippen LogP contribution in [-0.4, -0.2) is 58.3 Å². The molecule has 7 nitrogen and oxygen atoms in total. The Bertz CT molecular complexity index is 836. The van der Waals surface area contributed by atoms with Crippen molar-refractivity contribution in [2.24, 2.45) is 0 Å². The van der Waals surface area contributed by atoms with Crippen molar-refractivity contribution in [3.8, 4) is 11.3 Å². The monoisotopic (exact) mass is 415 g/mol. The first-order valence-electron chi connectivity index (χ1n) is 9.96. The summed E-state index contributed by atoms with van der Waals surface area (Å²) in [7, 11) is 1.74. The molecule has 0 spiro atoms. The third-order valence-electron chi connectivity index (χ3n) is 5.22. The number of nitrogens with one attached hydrogen (secondary N) is 3. The Morgan fingerprint density at radius 2 is 2.07 bits per heavy atom. The van der Waals surface area contributed by atoms with Gasteiger partial charge in [0.25, 0.3) is 0 Å². The van der Waals surface area contributed by atoms with Gasteiger partial charge < -0.3 is 20.5 Å². The Balaban J connectivity index is 1.74. The number of benzene rings is 1. The van der Waals surface area contributed by atoms with E-state index in [0.29, 0.717) is 0 Å². The van der Waals surface area contributed by atoms with Crippen LogP contribution in [0.25, 0.3) is 11.3 Å². The molecule has 0 radical (unpaired) electrons. The Labute approximate surface area is 176 Å². The second kappa shape index (κ2) is 9.93. The van der Waals surface area contributed by atoms with Crippen LogP contribution in [0.3, 0.4) is 0 Å². The van der Waals surface area contributed by atoms with Gasteiger partial charge in [-0.1, -0.05) is 12.1 Å². The lowest BCUT2D eigenvalue weighted by atomic mass is 10.0. The van der Waals surface area contributed by atoms with Gasteiger partial charge >= 0.3 is 0 Å². The van der Waals surface area contributed by atoms with E-state index < -0.39 is 0 Å². The maximum atomic E-state index is 12.8. The summed E-state index contributed by atoms with van der Waals surface area (Å²) in [6.07, 6.45) is 6.85. The highest BCUT2D eigenvalue weighted by atomic mass is 32.2. The highest BCUT2D eigenvalue weighted by Crippen LogP contribution is 2.32. The highest BCUT2D eigenvalue weighted by molar-refractivity contribution is 7.99. The van der Waals surface area contributed by atoms with Crippen LogP contribution in [0.1, 0.15) is 38.1 Å². The number of aromatic amines is 1. The number of hydrogen-bond acceptors (Lipinski definition) is 5. The van der Waals surface area contributed by atoms with E-state index in [9.17, 15) is 9.59 Å². The van der Waals surface area contributed by atoms with Crippen molar-refractivity contribution >= 4 is 29.3 Å². The van der Waals surface area contributed by atoms with Crippen LogP contribution >= 0.6 is 11.8 Å². The van der Waals surface area contributed by atoms with E-state index in [1.807, 2.05) is 48.5 Å². The van der Waals surface area contributed by atoms with Gasteiger partial charge in [0.2, 0.25) is 11.8 Å². The molecular weight excluding hydrogens is 386 g/mol. The predicted octanol–water partition coefficient (Wildman–Crippen LogP) is 3.04. The first-order valence-corrected chi connectivity index (χ1v) is 11.3. The average Bonchev–Trinajstić information content (AvgIpc) is 3.23. The van der Waals surface area contributed by atoms with Crippen LogP contribution in [0.5, 0.6) is 0 Å². The van der Waals surface area contributed by atoms with Crippen LogP contribution in [0.2, 0.25) is 0 Å². The van der Waals surface area contributed by atoms with E-state index in [2.05, 4.69) is 20.6 Å². The van der Waals surface area contributed by atoms with Crippen molar-refractivity contribution in [2.75, 3.05) is 31.7 Å². The molecule has 3 rings (SSSR count). The van der Waals surface area contributed by atoms with Crippen molar-refractivity contribution in [2.45, 2.75) is 37.5 Å². The summed E-state index contributed by atoms with van der Waals surface area (Å²) in [6.45, 7) is 3.02. The van der Waals surface area contributed by atoms with Crippen LogP contribution in [0.4, 0.5) is 5.69 Å². The zero-order valence-corrected chi connectivity index (χ0v) is 18.0. The Morgan fingerprint density at radius 3 is 2.76 bits per heavy atom. The number of piperidine rings is 1. The molecule has 29 heavy (non-hydrogen) atoms. The van der Waals surface area contributed by atoms with Gasteiger partial charge in [-0.25, -0.2) is 4.98 Å². The SMILES string of the molecule is CNCC(=O)Nc1ccc(-c2cnc(C3CCCCN3C(=O)C(C)SC)[nH]2)cc1. The van der Waals surface area contributed by atoms with Gasteiger partial charge in [0.1, 0.15) is 5.82 Å². The quantitative estimate of drug-likeness (QED) is 0.647. The number of aromatic nitrogens is 2. The molecule has 2 atom stereocenters. The fourth-order valence-corrected chi connectivity index (χ4v) is 3.90. The fourth-order valence-electron chi connectivity index (χ4n) is 3.57. The Hall–Kier alpha value is -2.32. The number of nitrogens with zero attached hydrogens (tertiary/aromatic N) is 2. The number of amides is 2. The molecule has 8 heteroatoms. The molecule has 0 aliphatic carbocycles. The van der Waals surface area contributed by atoms with Crippen molar-refractivity contribution in [1.29, 1.82) is 0 Å². The third-order valence-corrected chi connectivity index (χ3v) is 6.12. The van der Waals surface area contributed by atoms with Crippen molar-refractivity contribution in [3.05, 3.63) is 36.3 Å². The lowest BCUT2D eigenvalue weighted by molar-refractivity contribution is -0.134. The molecule has 3 N–H and O–H groups in total. The van der Waals surface area contributed by atoms with E-state index in [4.69, 9.17) is 0 Å². The standard InChI is InChI=1S/C21H29N5O2S/c1-14(29-3)21(28)26-11-5-4-6-18(26)20-23-12-17(25-20)15-7-9-16(10-8-15)24-19(27)13-22-2/h7-10,12,14,18,22H,4-6,11,13H2,1-3H3,(H,23,25)(H,24,27). The molecule has 1 aromatic carbocycles. The molecule has 2 amide bonds. The average molecular weight is 416 g/mol. The topological polar surface area (TPSA) is 90.1 Å². The zero-order valence-electron chi connectivity index (χ0n) is 17.2. The fraction of sp³-hybridized carbons (Fsp3) is 0.476. The molecule has 0 saturated carbocycles. The summed E-state index contributed by atoms with van der Waals surface area (Å²) >= 11 is 1.58. The minimum Gasteiger partial charge on any atom is -0.340 e. The number of anilines is 1. The molecule has 1 aromatic heterocycles. The van der Waals surface area contributed by atoms with Gasteiger partial charge in [-0.3, -0.25) is 9.59 Å². The molecule has 1 saturated heterocycles. The minimum atomic E-state index is -0.0781. The molecular formula is C21H29N5O2S. The molecule has 1 aliphatic heterocycles. The van der Waals surface area contributed by atoms with Crippen LogP contribution in [-0.2, 0) is 9.59 Å². The second-order valence-corrected chi connectivity index (χ2v) is 8.44. The van der Waals surface area contributed by atoms with E-state index in [0.717, 1.165) is 48.6 Å². The van der Waals surface area contributed by atoms with Crippen LogP contribution in [0, 0.1) is 0 Å². The van der Waals surface area contributed by atoms with Gasteiger partial charge in [0, 0.05) is 12.2 Å². The molecule has 1 fully saturated rings. The number of carbonyl (C=O) groups is 2. The van der Waals surface area contributed by atoms with Crippen LogP contribution < -0.4 is 10.6 Å². The number of carbonyl (C=O) groups excluding carboxylic acids is 2. The highest BCUT2D eigenvalue weighted by Gasteiger charge is 2.32. The van der Waals surface area contributed by atoms with Crippen molar-refractivity contribution < 1.29 is 9.59 Å².